The first-order valence-electron chi connectivity index (χ1n) is 9.19. The smallest absolute Gasteiger partial charge is 0.0626 e. The van der Waals surface area contributed by atoms with Crippen molar-refractivity contribution in [3.63, 3.8) is 0 Å². The summed E-state index contributed by atoms with van der Waals surface area (Å²) < 4.78 is 12.1. The summed E-state index contributed by atoms with van der Waals surface area (Å²) in [6.45, 7) is 8.58. The van der Waals surface area contributed by atoms with Gasteiger partial charge in [-0.2, -0.15) is 0 Å². The molecule has 1 N–H and O–H groups in total. The fourth-order valence-electron chi connectivity index (χ4n) is 3.95. The monoisotopic (exact) mass is 297 g/mol. The van der Waals surface area contributed by atoms with Gasteiger partial charge in [-0.1, -0.05) is 26.2 Å². The fourth-order valence-corrected chi connectivity index (χ4v) is 3.95. The normalized spacial score (nSPS) is 33.0. The summed E-state index contributed by atoms with van der Waals surface area (Å²) in [7, 11) is 0. The lowest BCUT2D eigenvalue weighted by Crippen LogP contribution is -2.43. The van der Waals surface area contributed by atoms with Crippen molar-refractivity contribution >= 4 is 0 Å². The Kier molecular flexibility index (Phi) is 7.48. The van der Waals surface area contributed by atoms with Crippen molar-refractivity contribution in [3.05, 3.63) is 0 Å². The number of ether oxygens (including phenoxy) is 2. The largest absolute Gasteiger partial charge is 0.376 e. The molecule has 2 fully saturated rings. The Balaban J connectivity index is 1.79. The molecule has 1 aliphatic carbocycles. The number of hydrogen-bond acceptors (Lipinski definition) is 3. The molecular weight excluding hydrogens is 262 g/mol. The fraction of sp³-hybridized carbons (Fsp3) is 1.00. The first kappa shape index (κ1) is 17.2. The third-order valence-corrected chi connectivity index (χ3v) is 5.04. The molecule has 0 amide bonds. The van der Waals surface area contributed by atoms with E-state index in [2.05, 4.69) is 26.1 Å². The Morgan fingerprint density at radius 3 is 2.38 bits per heavy atom. The number of rotatable bonds is 7. The van der Waals surface area contributed by atoms with E-state index in [-0.39, 0.29) is 0 Å². The van der Waals surface area contributed by atoms with Gasteiger partial charge in [0.15, 0.2) is 0 Å². The second-order valence-electron chi connectivity index (χ2n) is 7.14. The van der Waals surface area contributed by atoms with E-state index >= 15 is 0 Å². The molecule has 0 radical (unpaired) electrons. The highest BCUT2D eigenvalue weighted by molar-refractivity contribution is 4.81. The summed E-state index contributed by atoms with van der Waals surface area (Å²) in [5.74, 6) is 0.819. The summed E-state index contributed by atoms with van der Waals surface area (Å²) in [6.07, 6.45) is 11.4. The van der Waals surface area contributed by atoms with Crippen LogP contribution in [0.4, 0.5) is 0 Å². The van der Waals surface area contributed by atoms with Gasteiger partial charge in [-0.05, 0) is 58.4 Å². The molecule has 0 spiro atoms. The predicted molar refractivity (Wildman–Crippen MR) is 87.6 cm³/mol. The van der Waals surface area contributed by atoms with Crippen LogP contribution in [-0.4, -0.2) is 37.5 Å². The second-order valence-corrected chi connectivity index (χ2v) is 7.14. The van der Waals surface area contributed by atoms with Crippen LogP contribution >= 0.6 is 0 Å². The lowest BCUT2D eigenvalue weighted by atomic mass is 9.84. The summed E-state index contributed by atoms with van der Waals surface area (Å²) in [6, 6.07) is 0.554. The molecule has 0 aromatic carbocycles. The SMILES string of the molecule is CCCNC(COC1CC(C)OC(C)C1)C1CCCCC1. The van der Waals surface area contributed by atoms with Crippen molar-refractivity contribution in [1.82, 2.24) is 5.32 Å². The zero-order valence-electron chi connectivity index (χ0n) is 14.3. The van der Waals surface area contributed by atoms with Gasteiger partial charge >= 0.3 is 0 Å². The van der Waals surface area contributed by atoms with Crippen molar-refractivity contribution < 1.29 is 9.47 Å². The molecule has 1 heterocycles. The molecule has 2 aliphatic rings. The molecule has 3 heteroatoms. The lowest BCUT2D eigenvalue weighted by molar-refractivity contribution is -0.106. The average molecular weight is 297 g/mol. The first-order valence-corrected chi connectivity index (χ1v) is 9.19. The maximum atomic E-state index is 6.29. The van der Waals surface area contributed by atoms with Crippen molar-refractivity contribution in [2.75, 3.05) is 13.2 Å². The predicted octanol–water partition coefficient (Wildman–Crippen LogP) is 3.91. The summed E-state index contributed by atoms with van der Waals surface area (Å²) in [5, 5.41) is 3.74. The Labute approximate surface area is 131 Å². The van der Waals surface area contributed by atoms with Crippen LogP contribution in [-0.2, 0) is 9.47 Å². The molecule has 3 unspecified atom stereocenters. The molecule has 1 saturated heterocycles. The Morgan fingerprint density at radius 2 is 1.76 bits per heavy atom. The van der Waals surface area contributed by atoms with Crippen LogP contribution in [0.15, 0.2) is 0 Å². The molecule has 3 nitrogen and oxygen atoms in total. The van der Waals surface area contributed by atoms with E-state index in [1.54, 1.807) is 0 Å². The minimum absolute atomic E-state index is 0.343. The van der Waals surface area contributed by atoms with Crippen molar-refractivity contribution in [1.29, 1.82) is 0 Å². The molecule has 1 aliphatic heterocycles. The van der Waals surface area contributed by atoms with E-state index in [0.29, 0.717) is 24.4 Å². The van der Waals surface area contributed by atoms with Crippen LogP contribution in [0.3, 0.4) is 0 Å². The highest BCUT2D eigenvalue weighted by atomic mass is 16.5. The van der Waals surface area contributed by atoms with Crippen molar-refractivity contribution in [3.8, 4) is 0 Å². The molecule has 1 saturated carbocycles. The van der Waals surface area contributed by atoms with Gasteiger partial charge in [0.25, 0.3) is 0 Å². The van der Waals surface area contributed by atoms with E-state index in [0.717, 1.165) is 31.9 Å². The molecule has 0 bridgehead atoms. The maximum Gasteiger partial charge on any atom is 0.0626 e. The van der Waals surface area contributed by atoms with Gasteiger partial charge in [0, 0.05) is 6.04 Å². The maximum absolute atomic E-state index is 6.29. The van der Waals surface area contributed by atoms with Gasteiger partial charge < -0.3 is 14.8 Å². The number of nitrogens with one attached hydrogen (secondary N) is 1. The Bertz CT molecular complexity index is 268. The highest BCUT2D eigenvalue weighted by Crippen LogP contribution is 2.28. The Hall–Kier alpha value is -0.120. The van der Waals surface area contributed by atoms with Crippen molar-refractivity contribution in [2.45, 2.75) is 96.5 Å². The topological polar surface area (TPSA) is 30.5 Å². The molecule has 21 heavy (non-hydrogen) atoms. The summed E-state index contributed by atoms with van der Waals surface area (Å²) in [4.78, 5) is 0. The van der Waals surface area contributed by atoms with Gasteiger partial charge in [-0.25, -0.2) is 0 Å². The van der Waals surface area contributed by atoms with Crippen LogP contribution in [0.5, 0.6) is 0 Å². The zero-order valence-corrected chi connectivity index (χ0v) is 14.3. The molecule has 3 atom stereocenters. The third-order valence-electron chi connectivity index (χ3n) is 5.04. The average Bonchev–Trinajstić information content (AvgIpc) is 2.47. The van der Waals surface area contributed by atoms with Crippen LogP contribution in [0.2, 0.25) is 0 Å². The quantitative estimate of drug-likeness (QED) is 0.773. The summed E-state index contributed by atoms with van der Waals surface area (Å²) >= 11 is 0. The Morgan fingerprint density at radius 1 is 1.10 bits per heavy atom. The van der Waals surface area contributed by atoms with Gasteiger partial charge in [-0.3, -0.25) is 0 Å². The van der Waals surface area contributed by atoms with Gasteiger partial charge in [0.05, 0.1) is 24.9 Å². The molecule has 0 aromatic rings. The molecular formula is C18H35NO2. The highest BCUT2D eigenvalue weighted by Gasteiger charge is 2.28. The van der Waals surface area contributed by atoms with Gasteiger partial charge in [0.1, 0.15) is 0 Å². The standard InChI is InChI=1S/C18H35NO2/c1-4-10-19-18(16-8-6-5-7-9-16)13-20-17-11-14(2)21-15(3)12-17/h14-19H,4-13H2,1-3H3. The number of hydrogen-bond donors (Lipinski definition) is 1. The third kappa shape index (κ3) is 5.88. The minimum Gasteiger partial charge on any atom is -0.376 e. The first-order chi connectivity index (χ1) is 10.2. The zero-order chi connectivity index (χ0) is 15.1. The lowest BCUT2D eigenvalue weighted by Gasteiger charge is -2.35. The summed E-state index contributed by atoms with van der Waals surface area (Å²) in [5.41, 5.74) is 0. The second kappa shape index (κ2) is 9.12. The molecule has 2 rings (SSSR count). The van der Waals surface area contributed by atoms with E-state index < -0.39 is 0 Å². The van der Waals surface area contributed by atoms with Crippen LogP contribution in [0.1, 0.15) is 72.1 Å². The van der Waals surface area contributed by atoms with Crippen LogP contribution < -0.4 is 5.32 Å². The molecule has 124 valence electrons. The minimum atomic E-state index is 0.343. The van der Waals surface area contributed by atoms with E-state index in [1.807, 2.05) is 0 Å². The van der Waals surface area contributed by atoms with Crippen molar-refractivity contribution in [2.24, 2.45) is 5.92 Å². The van der Waals surface area contributed by atoms with Gasteiger partial charge in [0.2, 0.25) is 0 Å². The van der Waals surface area contributed by atoms with E-state index in [1.165, 1.54) is 38.5 Å². The molecule has 0 aromatic heterocycles. The van der Waals surface area contributed by atoms with E-state index in [4.69, 9.17) is 9.47 Å². The van der Waals surface area contributed by atoms with Crippen LogP contribution in [0.25, 0.3) is 0 Å². The van der Waals surface area contributed by atoms with Crippen LogP contribution in [0, 0.1) is 5.92 Å². The van der Waals surface area contributed by atoms with E-state index in [9.17, 15) is 0 Å². The van der Waals surface area contributed by atoms with Gasteiger partial charge in [-0.15, -0.1) is 0 Å².